The first-order valence-corrected chi connectivity index (χ1v) is 40.7. The van der Waals surface area contributed by atoms with E-state index < -0.39 is 15.6 Å². The van der Waals surface area contributed by atoms with Crippen molar-refractivity contribution < 1.29 is 36.3 Å². The van der Waals surface area contributed by atoms with E-state index in [2.05, 4.69) is 114 Å². The Kier molecular flexibility index (Phi) is 47.6. The Hall–Kier alpha value is -1.66. The maximum absolute atomic E-state index is 15.0. The van der Waals surface area contributed by atoms with E-state index >= 15 is 9.13 Å². The molecule has 4 unspecified atom stereocenters. The second kappa shape index (κ2) is 50.8. The van der Waals surface area contributed by atoms with Crippen molar-refractivity contribution in [2.24, 2.45) is 17.8 Å². The lowest BCUT2D eigenvalue weighted by atomic mass is 9.71. The molecule has 0 saturated carbocycles. The van der Waals surface area contributed by atoms with E-state index in [1.54, 1.807) is 0 Å². The van der Waals surface area contributed by atoms with Crippen LogP contribution in [-0.2, 0) is 38.1 Å². The molecule has 4 atom stereocenters. The Morgan fingerprint density at radius 2 is 0.568 bits per heavy atom. The zero-order valence-corrected chi connectivity index (χ0v) is 62.1. The van der Waals surface area contributed by atoms with Crippen LogP contribution in [-0.4, -0.2) is 26.4 Å². The van der Waals surface area contributed by atoms with Gasteiger partial charge in [-0.15, -0.1) is 0 Å². The van der Waals surface area contributed by atoms with Gasteiger partial charge in [0.05, 0.1) is 26.4 Å². The van der Waals surface area contributed by atoms with Crippen molar-refractivity contribution in [1.82, 2.24) is 0 Å². The minimum atomic E-state index is -3.97. The number of unbranched alkanes of at least 4 members (excludes halogenated alkanes) is 32. The van der Waals surface area contributed by atoms with Gasteiger partial charge in [-0.05, 0) is 104 Å². The topological polar surface area (TPSA) is 89.5 Å². The van der Waals surface area contributed by atoms with Crippen molar-refractivity contribution in [2.75, 3.05) is 26.4 Å². The molecule has 10 heteroatoms. The molecule has 2 aromatic rings. The summed E-state index contributed by atoms with van der Waals surface area (Å²) in [4.78, 5) is 0. The fourth-order valence-corrected chi connectivity index (χ4v) is 15.6. The van der Waals surface area contributed by atoms with Crippen LogP contribution in [0.4, 0.5) is 0 Å². The summed E-state index contributed by atoms with van der Waals surface area (Å²) in [5.41, 5.74) is 3.66. The zero-order valence-electron chi connectivity index (χ0n) is 60.3. The molecule has 514 valence electrons. The summed E-state index contributed by atoms with van der Waals surface area (Å²) in [6, 6.07) is 12.4. The molecule has 0 aromatic heterocycles. The van der Waals surface area contributed by atoms with Gasteiger partial charge in [0.25, 0.3) is 0 Å². The van der Waals surface area contributed by atoms with Crippen LogP contribution in [0.2, 0.25) is 0 Å². The average molecular weight is 1270 g/mol. The average Bonchev–Trinajstić information content (AvgIpc) is 1.57. The normalized spacial score (nSPS) is 14.6. The van der Waals surface area contributed by atoms with Crippen molar-refractivity contribution in [2.45, 2.75) is 383 Å². The van der Waals surface area contributed by atoms with E-state index in [-0.39, 0.29) is 10.8 Å². The smallest absolute Gasteiger partial charge is 0.404 e. The standard InChI is InChI=1S/C78H144O8P2/c1-14-19-23-27-31-33-35-37-41-45-49-62-81-87(79,85-75-66-68(6)58-60-73(75)77(8,9)10)83-64-51-56-70(54-47-43-39-29-25-21-16-3)72(53-18-5)71(55-48-44-40-30-26-22-17-4)57-52-65-84-88(80,86-76-67-69(7)59-61-74(76)78(11,12)13)82-63-50-46-42-38-36-34-32-28-24-20-15-2/h58-61,66-67,70-72H,14-57,62-65H2,1-13H3. The number of rotatable bonds is 60. The third-order valence-electron chi connectivity index (χ3n) is 18.4. The Labute approximate surface area is 546 Å². The second-order valence-electron chi connectivity index (χ2n) is 29.1. The molecule has 0 heterocycles. The van der Waals surface area contributed by atoms with Crippen molar-refractivity contribution in [3.8, 4) is 11.5 Å². The van der Waals surface area contributed by atoms with Crippen molar-refractivity contribution in [1.29, 1.82) is 0 Å². The molecule has 2 rings (SSSR count). The van der Waals surface area contributed by atoms with Crippen molar-refractivity contribution >= 4 is 15.6 Å². The molecule has 88 heavy (non-hydrogen) atoms. The fraction of sp³-hybridized carbons (Fsp3) is 0.846. The van der Waals surface area contributed by atoms with E-state index in [1.807, 2.05) is 12.1 Å². The summed E-state index contributed by atoms with van der Waals surface area (Å²) >= 11 is 0. The largest absolute Gasteiger partial charge is 0.530 e. The molecule has 0 N–H and O–H groups in total. The molecule has 0 amide bonds. The van der Waals surface area contributed by atoms with Gasteiger partial charge in [-0.2, -0.15) is 0 Å². The predicted octanol–water partition coefficient (Wildman–Crippen LogP) is 27.8. The zero-order chi connectivity index (χ0) is 64.6. The van der Waals surface area contributed by atoms with Gasteiger partial charge >= 0.3 is 15.6 Å². The summed E-state index contributed by atoms with van der Waals surface area (Å²) in [6.07, 6.45) is 53.5. The lowest BCUT2D eigenvalue weighted by Gasteiger charge is -2.35. The van der Waals surface area contributed by atoms with Gasteiger partial charge in [0, 0.05) is 11.1 Å². The van der Waals surface area contributed by atoms with Gasteiger partial charge < -0.3 is 9.05 Å². The highest BCUT2D eigenvalue weighted by atomic mass is 31.2. The van der Waals surface area contributed by atoms with Crippen LogP contribution in [0, 0.1) is 31.6 Å². The van der Waals surface area contributed by atoms with E-state index in [9.17, 15) is 0 Å². The number of aryl methyl sites for hydroxylation is 2. The minimum Gasteiger partial charge on any atom is -0.404 e. The molecule has 0 aliphatic heterocycles. The molecular formula is C78H144O8P2. The summed E-state index contributed by atoms with van der Waals surface area (Å²) in [5, 5.41) is 0. The number of benzene rings is 2. The summed E-state index contributed by atoms with van der Waals surface area (Å²) in [5.74, 6) is 2.70. The molecule has 2 aromatic carbocycles. The van der Waals surface area contributed by atoms with Crippen LogP contribution in [0.3, 0.4) is 0 Å². The maximum Gasteiger partial charge on any atom is 0.530 e. The van der Waals surface area contributed by atoms with Crippen molar-refractivity contribution in [3.63, 3.8) is 0 Å². The molecule has 0 aliphatic rings. The van der Waals surface area contributed by atoms with Crippen LogP contribution < -0.4 is 9.05 Å². The first-order valence-electron chi connectivity index (χ1n) is 37.7. The number of phosphoric acid groups is 2. The maximum atomic E-state index is 15.0. The van der Waals surface area contributed by atoms with E-state index in [4.69, 9.17) is 27.1 Å². The van der Waals surface area contributed by atoms with Gasteiger partial charge in [0.15, 0.2) is 0 Å². The SMILES string of the molecule is CCCCCCCCCCCCCOP(=O)(OCCCC(CCCCCCCCC)C(CCC)C(CCCCCCCCC)CCCOP(=O)(OCCCCCCCCCCCCC)Oc1cc(C)ccc1C(C)(C)C)Oc1cc(C)ccc1C(C)(C)C. The second-order valence-corrected chi connectivity index (χ2v) is 32.2. The van der Waals surface area contributed by atoms with E-state index in [1.165, 1.54) is 212 Å². The fourth-order valence-electron chi connectivity index (χ4n) is 13.1. The van der Waals surface area contributed by atoms with Gasteiger partial charge in [-0.25, -0.2) is 9.13 Å². The molecule has 0 saturated heterocycles. The first-order chi connectivity index (χ1) is 42.3. The van der Waals surface area contributed by atoms with Crippen LogP contribution in [0.15, 0.2) is 36.4 Å². The van der Waals surface area contributed by atoms with E-state index in [0.29, 0.717) is 55.7 Å². The van der Waals surface area contributed by atoms with Crippen LogP contribution in [0.1, 0.15) is 381 Å². The highest BCUT2D eigenvalue weighted by Gasteiger charge is 2.35. The third kappa shape index (κ3) is 39.8. The monoisotopic (exact) mass is 1270 g/mol. The van der Waals surface area contributed by atoms with Crippen LogP contribution >= 0.6 is 15.6 Å². The molecule has 0 spiro atoms. The van der Waals surface area contributed by atoms with Gasteiger partial charge in [-0.1, -0.05) is 344 Å². The number of hydrogen-bond donors (Lipinski definition) is 0. The number of hydrogen-bond acceptors (Lipinski definition) is 8. The van der Waals surface area contributed by atoms with Gasteiger partial charge in [-0.3, -0.25) is 18.1 Å². The Morgan fingerprint density at radius 3 is 0.841 bits per heavy atom. The van der Waals surface area contributed by atoms with E-state index in [0.717, 1.165) is 92.9 Å². The summed E-state index contributed by atoms with van der Waals surface area (Å²) < 4.78 is 68.8. The highest BCUT2D eigenvalue weighted by Crippen LogP contribution is 2.54. The molecule has 0 fully saturated rings. The molecule has 0 radical (unpaired) electrons. The minimum absolute atomic E-state index is 0.218. The molecule has 0 aliphatic carbocycles. The summed E-state index contributed by atoms with van der Waals surface area (Å²) in [6.45, 7) is 30.0. The lowest BCUT2D eigenvalue weighted by molar-refractivity contribution is 0.124. The lowest BCUT2D eigenvalue weighted by Crippen LogP contribution is -2.25. The first kappa shape index (κ1) is 82.4. The van der Waals surface area contributed by atoms with Crippen LogP contribution in [0.25, 0.3) is 0 Å². The Morgan fingerprint density at radius 1 is 0.318 bits per heavy atom. The van der Waals surface area contributed by atoms with Crippen LogP contribution in [0.5, 0.6) is 11.5 Å². The molecule has 8 nitrogen and oxygen atoms in total. The number of phosphoric ester groups is 2. The van der Waals surface area contributed by atoms with Crippen molar-refractivity contribution in [3.05, 3.63) is 58.7 Å². The van der Waals surface area contributed by atoms with Gasteiger partial charge in [0.2, 0.25) is 0 Å². The quantitative estimate of drug-likeness (QED) is 0.0478. The molecule has 0 bridgehead atoms. The summed E-state index contributed by atoms with van der Waals surface area (Å²) in [7, 11) is -7.94. The van der Waals surface area contributed by atoms with Gasteiger partial charge in [0.1, 0.15) is 11.5 Å². The third-order valence-corrected chi connectivity index (χ3v) is 21.3. The predicted molar refractivity (Wildman–Crippen MR) is 382 cm³/mol. The Balaban J connectivity index is 2.40. The Bertz CT molecular complexity index is 1920. The molecular weight excluding hydrogens is 1130 g/mol. The highest BCUT2D eigenvalue weighted by molar-refractivity contribution is 7.49.